The van der Waals surface area contributed by atoms with Crippen molar-refractivity contribution in [3.05, 3.63) is 72.0 Å². The smallest absolute Gasteiger partial charge is 0.232 e. The van der Waals surface area contributed by atoms with Crippen molar-refractivity contribution in [2.75, 3.05) is 92.3 Å². The summed E-state index contributed by atoms with van der Waals surface area (Å²) in [6, 6.07) is 19.4. The summed E-state index contributed by atoms with van der Waals surface area (Å²) in [6.45, 7) is 8.38. The fourth-order valence-electron chi connectivity index (χ4n) is 5.96. The van der Waals surface area contributed by atoms with Crippen LogP contribution in [0.3, 0.4) is 0 Å². The third-order valence-corrected chi connectivity index (χ3v) is 8.72. The van der Waals surface area contributed by atoms with Crippen molar-refractivity contribution in [1.82, 2.24) is 15.3 Å². The number of piperazine rings is 1. The summed E-state index contributed by atoms with van der Waals surface area (Å²) in [7, 11) is 0. The highest BCUT2D eigenvalue weighted by molar-refractivity contribution is 7.80. The number of nitrogens with one attached hydrogen (secondary N) is 2. The molecule has 3 fully saturated rings. The van der Waals surface area contributed by atoms with Crippen LogP contribution < -0.4 is 25.3 Å². The van der Waals surface area contributed by atoms with Gasteiger partial charge in [0.05, 0.1) is 13.2 Å². The maximum atomic E-state index is 13.7. The van der Waals surface area contributed by atoms with Gasteiger partial charge in [0.25, 0.3) is 0 Å². The normalized spacial score (nSPS) is 18.9. The quantitative estimate of drug-likeness (QED) is 0.396. The van der Waals surface area contributed by atoms with E-state index < -0.39 is 0 Å². The summed E-state index contributed by atoms with van der Waals surface area (Å²) in [5, 5.41) is 7.14. The SMILES string of the molecule is Fc1ccc(C2(CNC(=S)Nc3nc(N4CCOCC4)cc(N4CCN(c5ccccc5)CC4)n3)CCOCC2)cc1. The molecule has 0 aliphatic carbocycles. The molecule has 0 bridgehead atoms. The topological polar surface area (TPSA) is 78.0 Å². The number of hydrogen-bond donors (Lipinski definition) is 2. The molecular weight excluding hydrogens is 553 g/mol. The summed E-state index contributed by atoms with van der Waals surface area (Å²) in [5.41, 5.74) is 2.14. The van der Waals surface area contributed by atoms with E-state index in [0.29, 0.717) is 44.0 Å². The predicted molar refractivity (Wildman–Crippen MR) is 168 cm³/mol. The highest BCUT2D eigenvalue weighted by Gasteiger charge is 2.34. The molecule has 0 spiro atoms. The maximum Gasteiger partial charge on any atom is 0.232 e. The van der Waals surface area contributed by atoms with Gasteiger partial charge in [-0.15, -0.1) is 0 Å². The second kappa shape index (κ2) is 13.2. The van der Waals surface area contributed by atoms with Gasteiger partial charge in [-0.1, -0.05) is 30.3 Å². The molecule has 0 saturated carbocycles. The number of thiocarbonyl (C=S) groups is 1. The fraction of sp³-hybridized carbons (Fsp3) is 0.452. The van der Waals surface area contributed by atoms with E-state index in [4.69, 9.17) is 31.7 Å². The molecular formula is C31H38FN7O2S. The lowest BCUT2D eigenvalue weighted by Crippen LogP contribution is -2.47. The zero-order valence-electron chi connectivity index (χ0n) is 23.8. The van der Waals surface area contributed by atoms with Crippen LogP contribution in [0.1, 0.15) is 18.4 Å². The number of halogens is 1. The third kappa shape index (κ3) is 6.74. The Morgan fingerprint density at radius 2 is 1.38 bits per heavy atom. The number of nitrogens with zero attached hydrogens (tertiary/aromatic N) is 5. The molecule has 11 heteroatoms. The number of morpholine rings is 1. The number of anilines is 4. The van der Waals surface area contributed by atoms with E-state index in [1.165, 1.54) is 17.8 Å². The summed E-state index contributed by atoms with van der Waals surface area (Å²) in [4.78, 5) is 16.7. The Bertz CT molecular complexity index is 1330. The van der Waals surface area contributed by atoms with Crippen molar-refractivity contribution < 1.29 is 13.9 Å². The molecule has 3 aliphatic heterocycles. The first-order chi connectivity index (χ1) is 20.6. The highest BCUT2D eigenvalue weighted by atomic mass is 32.1. The average molecular weight is 592 g/mol. The van der Waals surface area contributed by atoms with E-state index in [-0.39, 0.29) is 11.2 Å². The lowest BCUT2D eigenvalue weighted by Gasteiger charge is -2.38. The van der Waals surface area contributed by atoms with Crippen molar-refractivity contribution in [3.63, 3.8) is 0 Å². The first kappa shape index (κ1) is 28.6. The summed E-state index contributed by atoms with van der Waals surface area (Å²) in [5.74, 6) is 1.99. The van der Waals surface area contributed by atoms with Crippen LogP contribution in [0.5, 0.6) is 0 Å². The monoisotopic (exact) mass is 591 g/mol. The second-order valence-electron chi connectivity index (χ2n) is 11.0. The van der Waals surface area contributed by atoms with Gasteiger partial charge in [-0.05, 0) is 54.9 Å². The molecule has 3 saturated heterocycles. The van der Waals surface area contributed by atoms with Gasteiger partial charge < -0.3 is 34.8 Å². The molecule has 6 rings (SSSR count). The van der Waals surface area contributed by atoms with Gasteiger partial charge in [-0.25, -0.2) is 4.39 Å². The van der Waals surface area contributed by atoms with Crippen LogP contribution in [0.25, 0.3) is 0 Å². The number of hydrogen-bond acceptors (Lipinski definition) is 8. The number of aromatic nitrogens is 2. The van der Waals surface area contributed by atoms with Crippen molar-refractivity contribution >= 4 is 40.6 Å². The molecule has 9 nitrogen and oxygen atoms in total. The van der Waals surface area contributed by atoms with Crippen LogP contribution in [0.4, 0.5) is 27.7 Å². The number of rotatable bonds is 7. The lowest BCUT2D eigenvalue weighted by molar-refractivity contribution is 0.0515. The molecule has 3 aliphatic rings. The van der Waals surface area contributed by atoms with E-state index in [1.807, 2.05) is 18.2 Å². The Kier molecular flexibility index (Phi) is 8.97. The molecule has 0 amide bonds. The Morgan fingerprint density at radius 3 is 2.05 bits per heavy atom. The Hall–Kier alpha value is -3.54. The summed E-state index contributed by atoms with van der Waals surface area (Å²) < 4.78 is 24.9. The molecule has 222 valence electrons. The van der Waals surface area contributed by atoms with Gasteiger partial charge >= 0.3 is 0 Å². The van der Waals surface area contributed by atoms with Crippen molar-refractivity contribution in [3.8, 4) is 0 Å². The van der Waals surface area contributed by atoms with Crippen molar-refractivity contribution in [2.45, 2.75) is 18.3 Å². The van der Waals surface area contributed by atoms with Gasteiger partial charge in [0, 0.05) is 76.2 Å². The van der Waals surface area contributed by atoms with Crippen LogP contribution >= 0.6 is 12.2 Å². The second-order valence-corrected chi connectivity index (χ2v) is 11.4. The van der Waals surface area contributed by atoms with Gasteiger partial charge in [0.1, 0.15) is 17.5 Å². The average Bonchev–Trinajstić information content (AvgIpc) is 3.05. The molecule has 42 heavy (non-hydrogen) atoms. The van der Waals surface area contributed by atoms with E-state index in [2.05, 4.69) is 55.7 Å². The first-order valence-corrected chi connectivity index (χ1v) is 15.1. The minimum absolute atomic E-state index is 0.197. The van der Waals surface area contributed by atoms with E-state index >= 15 is 0 Å². The predicted octanol–water partition coefficient (Wildman–Crippen LogP) is 3.81. The van der Waals surface area contributed by atoms with Crippen LogP contribution in [0, 0.1) is 5.82 Å². The summed E-state index contributed by atoms with van der Waals surface area (Å²) >= 11 is 5.75. The molecule has 0 unspecified atom stereocenters. The molecule has 1 aromatic heterocycles. The zero-order valence-corrected chi connectivity index (χ0v) is 24.6. The number of benzene rings is 2. The van der Waals surface area contributed by atoms with Crippen LogP contribution in [0.15, 0.2) is 60.7 Å². The van der Waals surface area contributed by atoms with E-state index in [9.17, 15) is 4.39 Å². The Labute approximate surface area is 252 Å². The minimum Gasteiger partial charge on any atom is -0.381 e. The minimum atomic E-state index is -0.235. The molecule has 0 atom stereocenters. The van der Waals surface area contributed by atoms with Crippen LogP contribution in [-0.4, -0.2) is 87.3 Å². The number of para-hydroxylation sites is 1. The Balaban J connectivity index is 1.16. The van der Waals surface area contributed by atoms with Crippen LogP contribution in [0.2, 0.25) is 0 Å². The molecule has 2 aromatic carbocycles. The van der Waals surface area contributed by atoms with E-state index in [0.717, 1.165) is 69.3 Å². The fourth-order valence-corrected chi connectivity index (χ4v) is 6.12. The molecule has 0 radical (unpaired) electrons. The van der Waals surface area contributed by atoms with Crippen molar-refractivity contribution in [1.29, 1.82) is 0 Å². The van der Waals surface area contributed by atoms with Gasteiger partial charge in [-0.2, -0.15) is 9.97 Å². The first-order valence-electron chi connectivity index (χ1n) is 14.7. The van der Waals surface area contributed by atoms with Gasteiger partial charge in [-0.3, -0.25) is 0 Å². The highest BCUT2D eigenvalue weighted by Crippen LogP contribution is 2.34. The van der Waals surface area contributed by atoms with Gasteiger partial charge in [0.2, 0.25) is 5.95 Å². The number of ether oxygens (including phenoxy) is 2. The molecule has 4 heterocycles. The van der Waals surface area contributed by atoms with E-state index in [1.54, 1.807) is 0 Å². The largest absolute Gasteiger partial charge is 0.381 e. The van der Waals surface area contributed by atoms with Gasteiger partial charge in [0.15, 0.2) is 5.11 Å². The maximum absolute atomic E-state index is 13.7. The summed E-state index contributed by atoms with van der Waals surface area (Å²) in [6.07, 6.45) is 1.66. The Morgan fingerprint density at radius 1 is 0.786 bits per heavy atom. The lowest BCUT2D eigenvalue weighted by atomic mass is 9.74. The molecule has 2 N–H and O–H groups in total. The van der Waals surface area contributed by atoms with Crippen molar-refractivity contribution in [2.24, 2.45) is 0 Å². The molecule has 3 aromatic rings. The van der Waals surface area contributed by atoms with Crippen LogP contribution in [-0.2, 0) is 14.9 Å². The third-order valence-electron chi connectivity index (χ3n) is 8.48. The zero-order chi connectivity index (χ0) is 28.8. The standard InChI is InChI=1S/C31H38FN7O2S/c32-25-8-6-24(7-9-25)31(10-18-40-19-11-31)23-33-30(42)36-29-34-27(22-28(35-29)39-16-20-41-21-17-39)38-14-12-37(13-15-38)26-4-2-1-3-5-26/h1-9,22H,10-21,23H2,(H2,33,34,35,36,42).